The number of para-hydroxylation sites is 1. The van der Waals surface area contributed by atoms with Crippen molar-refractivity contribution < 1.29 is 19.4 Å². The highest BCUT2D eigenvalue weighted by molar-refractivity contribution is 5.99. The zero-order valence-electron chi connectivity index (χ0n) is 13.7. The molecule has 0 bridgehead atoms. The first kappa shape index (κ1) is 16.6. The number of carbonyl (C=O) groups is 2. The van der Waals surface area contributed by atoms with Crippen molar-refractivity contribution in [2.24, 2.45) is 0 Å². The summed E-state index contributed by atoms with van der Waals surface area (Å²) in [6.07, 6.45) is -0.0444. The van der Waals surface area contributed by atoms with Crippen molar-refractivity contribution in [3.05, 3.63) is 65.4 Å². The van der Waals surface area contributed by atoms with Gasteiger partial charge in [-0.3, -0.25) is 4.79 Å². The lowest BCUT2D eigenvalue weighted by Gasteiger charge is -2.08. The number of aromatic carboxylic acids is 1. The minimum atomic E-state index is -1.33. The van der Waals surface area contributed by atoms with Crippen molar-refractivity contribution in [2.45, 2.75) is 13.0 Å². The number of H-pyrrole nitrogens is 1. The second kappa shape index (κ2) is 7.09. The molecule has 25 heavy (non-hydrogen) atoms. The Bertz CT molecular complexity index is 930. The molecule has 1 amide bonds. The molecule has 0 atom stereocenters. The van der Waals surface area contributed by atoms with Crippen LogP contribution in [0.4, 0.5) is 0 Å². The molecular weight excluding hydrogens is 320 g/mol. The topological polar surface area (TPSA) is 94.2 Å². The summed E-state index contributed by atoms with van der Waals surface area (Å²) < 4.78 is 5.15. The molecule has 3 rings (SSSR count). The smallest absolute Gasteiger partial charge is 0.224 e. The number of rotatable bonds is 6. The molecular formula is C19H17N2O4-. The highest BCUT2D eigenvalue weighted by Gasteiger charge is 2.15. The average molecular weight is 337 g/mol. The van der Waals surface area contributed by atoms with Crippen molar-refractivity contribution in [2.75, 3.05) is 7.11 Å². The third kappa shape index (κ3) is 3.63. The second-order valence-corrected chi connectivity index (χ2v) is 5.62. The number of carboxylic acids is 1. The number of hydrogen-bond donors (Lipinski definition) is 2. The van der Waals surface area contributed by atoms with Crippen molar-refractivity contribution in [3.63, 3.8) is 0 Å². The molecule has 0 fully saturated rings. The third-order valence-corrected chi connectivity index (χ3v) is 3.98. The number of carbonyl (C=O) groups excluding carboxylic acids is 2. The summed E-state index contributed by atoms with van der Waals surface area (Å²) in [5, 5.41) is 14.8. The Kier molecular flexibility index (Phi) is 4.70. The third-order valence-electron chi connectivity index (χ3n) is 3.98. The van der Waals surface area contributed by atoms with Crippen LogP contribution in [0, 0.1) is 0 Å². The van der Waals surface area contributed by atoms with E-state index >= 15 is 0 Å². The Hall–Kier alpha value is -3.28. The highest BCUT2D eigenvalue weighted by atomic mass is 16.5. The molecule has 0 aliphatic heterocycles. The van der Waals surface area contributed by atoms with Crippen molar-refractivity contribution in [1.82, 2.24) is 10.3 Å². The van der Waals surface area contributed by atoms with Gasteiger partial charge in [0.25, 0.3) is 0 Å². The average Bonchev–Trinajstić information content (AvgIpc) is 2.99. The van der Waals surface area contributed by atoms with Gasteiger partial charge in [-0.15, -0.1) is 0 Å². The number of methoxy groups -OCH3 is 1. The maximum atomic E-state index is 12.3. The van der Waals surface area contributed by atoms with Crippen LogP contribution in [0.3, 0.4) is 0 Å². The van der Waals surface area contributed by atoms with E-state index in [4.69, 9.17) is 4.74 Å². The SMILES string of the molecule is COc1cccc(CNC(=O)Cc2c(C(=O)[O-])[nH]c3ccccc23)c1. The number of aromatic amines is 1. The minimum absolute atomic E-state index is 0.0444. The van der Waals surface area contributed by atoms with Crippen LogP contribution < -0.4 is 15.2 Å². The van der Waals surface area contributed by atoms with E-state index in [0.29, 0.717) is 28.8 Å². The molecule has 1 aromatic heterocycles. The molecule has 0 radical (unpaired) electrons. The van der Waals surface area contributed by atoms with E-state index in [-0.39, 0.29) is 18.0 Å². The lowest BCUT2D eigenvalue weighted by Crippen LogP contribution is -2.28. The van der Waals surface area contributed by atoms with Crippen molar-refractivity contribution >= 4 is 22.8 Å². The highest BCUT2D eigenvalue weighted by Crippen LogP contribution is 2.22. The summed E-state index contributed by atoms with van der Waals surface area (Å²) in [6, 6.07) is 14.5. The van der Waals surface area contributed by atoms with Gasteiger partial charge in [0, 0.05) is 17.4 Å². The zero-order valence-corrected chi connectivity index (χ0v) is 13.7. The molecule has 128 valence electrons. The number of fused-ring (bicyclic) bond motifs is 1. The number of hydrogen-bond acceptors (Lipinski definition) is 4. The second-order valence-electron chi connectivity index (χ2n) is 5.62. The summed E-state index contributed by atoms with van der Waals surface area (Å²) in [6.45, 7) is 0.332. The summed E-state index contributed by atoms with van der Waals surface area (Å²) in [5.74, 6) is -0.885. The van der Waals surface area contributed by atoms with Crippen LogP contribution in [0.1, 0.15) is 21.6 Å². The lowest BCUT2D eigenvalue weighted by atomic mass is 10.1. The number of ether oxygens (including phenoxy) is 1. The molecule has 2 N–H and O–H groups in total. The molecule has 6 nitrogen and oxygen atoms in total. The van der Waals surface area contributed by atoms with E-state index in [9.17, 15) is 14.7 Å². The number of nitrogens with one attached hydrogen (secondary N) is 2. The molecule has 1 heterocycles. The number of carboxylic acid groups (broad SMARTS) is 1. The fraction of sp³-hybridized carbons (Fsp3) is 0.158. The lowest BCUT2D eigenvalue weighted by molar-refractivity contribution is -0.255. The van der Waals surface area contributed by atoms with Gasteiger partial charge in [0.2, 0.25) is 5.91 Å². The Labute approximate surface area is 144 Å². The number of aromatic nitrogens is 1. The van der Waals surface area contributed by atoms with Gasteiger partial charge in [-0.2, -0.15) is 0 Å². The van der Waals surface area contributed by atoms with Gasteiger partial charge in [0.05, 0.1) is 25.2 Å². The monoisotopic (exact) mass is 337 g/mol. The van der Waals surface area contributed by atoms with E-state index < -0.39 is 5.97 Å². The van der Waals surface area contributed by atoms with Crippen molar-refractivity contribution in [3.8, 4) is 5.75 Å². The normalized spacial score (nSPS) is 10.6. The van der Waals surface area contributed by atoms with E-state index in [0.717, 1.165) is 5.56 Å². The standard InChI is InChI=1S/C19H18N2O4/c1-25-13-6-4-5-12(9-13)11-20-17(22)10-15-14-7-2-3-8-16(14)21-18(15)19(23)24/h2-9,21H,10-11H2,1H3,(H,20,22)(H,23,24)/p-1. The van der Waals surface area contributed by atoms with Crippen LogP contribution in [0.5, 0.6) is 5.75 Å². The Morgan fingerprint density at radius 3 is 2.72 bits per heavy atom. The van der Waals surface area contributed by atoms with Crippen LogP contribution in [0.15, 0.2) is 48.5 Å². The van der Waals surface area contributed by atoms with Crippen LogP contribution in [0.25, 0.3) is 10.9 Å². The van der Waals surface area contributed by atoms with Crippen LogP contribution in [0.2, 0.25) is 0 Å². The van der Waals surface area contributed by atoms with E-state index in [1.165, 1.54) is 0 Å². The zero-order chi connectivity index (χ0) is 17.8. The van der Waals surface area contributed by atoms with E-state index in [2.05, 4.69) is 10.3 Å². The molecule has 2 aromatic carbocycles. The Morgan fingerprint density at radius 1 is 1.16 bits per heavy atom. The molecule has 0 spiro atoms. The molecule has 0 unspecified atom stereocenters. The summed E-state index contributed by atoms with van der Waals surface area (Å²) in [5.41, 5.74) is 1.93. The minimum Gasteiger partial charge on any atom is -0.543 e. The van der Waals surface area contributed by atoms with Gasteiger partial charge in [0.1, 0.15) is 5.75 Å². The quantitative estimate of drug-likeness (QED) is 0.711. The van der Waals surface area contributed by atoms with Gasteiger partial charge < -0.3 is 24.9 Å². The largest absolute Gasteiger partial charge is 0.543 e. The summed E-state index contributed by atoms with van der Waals surface area (Å²) in [7, 11) is 1.58. The van der Waals surface area contributed by atoms with Gasteiger partial charge in [0.15, 0.2) is 0 Å². The van der Waals surface area contributed by atoms with Gasteiger partial charge in [-0.05, 0) is 29.3 Å². The molecule has 0 saturated carbocycles. The molecule has 6 heteroatoms. The Morgan fingerprint density at radius 2 is 1.96 bits per heavy atom. The number of amides is 1. The summed E-state index contributed by atoms with van der Waals surface area (Å²) in [4.78, 5) is 26.4. The molecule has 3 aromatic rings. The van der Waals surface area contributed by atoms with Gasteiger partial charge >= 0.3 is 0 Å². The molecule has 0 aliphatic rings. The fourth-order valence-electron chi connectivity index (χ4n) is 2.76. The van der Waals surface area contributed by atoms with Crippen LogP contribution in [-0.2, 0) is 17.8 Å². The first-order valence-electron chi connectivity index (χ1n) is 7.79. The maximum Gasteiger partial charge on any atom is 0.224 e. The fourth-order valence-corrected chi connectivity index (χ4v) is 2.76. The van der Waals surface area contributed by atoms with Crippen molar-refractivity contribution in [1.29, 1.82) is 0 Å². The van der Waals surface area contributed by atoms with Gasteiger partial charge in [-0.1, -0.05) is 30.3 Å². The molecule has 0 saturated heterocycles. The van der Waals surface area contributed by atoms with Gasteiger partial charge in [-0.25, -0.2) is 0 Å². The van der Waals surface area contributed by atoms with E-state index in [1.54, 1.807) is 31.4 Å². The van der Waals surface area contributed by atoms with E-state index in [1.807, 2.05) is 24.3 Å². The predicted octanol–water partition coefficient (Wildman–Crippen LogP) is 1.40. The number of benzene rings is 2. The summed E-state index contributed by atoms with van der Waals surface area (Å²) >= 11 is 0. The predicted molar refractivity (Wildman–Crippen MR) is 91.2 cm³/mol. The first-order chi connectivity index (χ1) is 12.1. The van der Waals surface area contributed by atoms with Crippen LogP contribution >= 0.6 is 0 Å². The van der Waals surface area contributed by atoms with Crippen LogP contribution in [-0.4, -0.2) is 24.0 Å². The molecule has 0 aliphatic carbocycles. The Balaban J connectivity index is 1.75. The first-order valence-corrected chi connectivity index (χ1v) is 7.79. The maximum absolute atomic E-state index is 12.3.